The molecule has 0 spiro atoms. The van der Waals surface area contributed by atoms with Crippen LogP contribution in [-0.2, 0) is 13.0 Å². The number of aromatic nitrogens is 3. The standard InChI is InChI=1S/C16H22N4O/c1-12(2)20-7-3-4-14(20)16(21)18-11-13-5-8-19-9-6-17-15(19)10-13/h3-4,6-7,9,12-13H,5,8,10-11H2,1-2H3,(H,18,21)/t13-/m1/s1. The number of amides is 1. The fourth-order valence-corrected chi connectivity index (χ4v) is 2.95. The molecule has 1 aliphatic rings. The summed E-state index contributed by atoms with van der Waals surface area (Å²) in [6.07, 6.45) is 7.87. The smallest absolute Gasteiger partial charge is 0.267 e. The van der Waals surface area contributed by atoms with Gasteiger partial charge in [0.1, 0.15) is 11.5 Å². The van der Waals surface area contributed by atoms with Crippen molar-refractivity contribution in [2.75, 3.05) is 6.54 Å². The largest absolute Gasteiger partial charge is 0.350 e. The molecule has 1 aliphatic heterocycles. The van der Waals surface area contributed by atoms with Crippen molar-refractivity contribution in [3.8, 4) is 0 Å². The van der Waals surface area contributed by atoms with Crippen molar-refractivity contribution in [1.29, 1.82) is 0 Å². The maximum absolute atomic E-state index is 12.3. The summed E-state index contributed by atoms with van der Waals surface area (Å²) in [6.45, 7) is 5.88. The summed E-state index contributed by atoms with van der Waals surface area (Å²) in [5.41, 5.74) is 0.738. The quantitative estimate of drug-likeness (QED) is 0.937. The number of fused-ring (bicyclic) bond motifs is 1. The highest BCUT2D eigenvalue weighted by Crippen LogP contribution is 2.18. The lowest BCUT2D eigenvalue weighted by Crippen LogP contribution is -2.34. The molecule has 0 aromatic carbocycles. The van der Waals surface area contributed by atoms with Crippen LogP contribution in [0.1, 0.15) is 42.6 Å². The minimum absolute atomic E-state index is 0.0163. The number of rotatable bonds is 4. The number of hydrogen-bond acceptors (Lipinski definition) is 2. The molecule has 1 atom stereocenters. The van der Waals surface area contributed by atoms with Gasteiger partial charge in [-0.25, -0.2) is 4.98 Å². The molecule has 21 heavy (non-hydrogen) atoms. The van der Waals surface area contributed by atoms with E-state index in [1.165, 1.54) is 0 Å². The predicted molar refractivity (Wildman–Crippen MR) is 81.2 cm³/mol. The molecule has 0 radical (unpaired) electrons. The van der Waals surface area contributed by atoms with Crippen LogP contribution < -0.4 is 5.32 Å². The van der Waals surface area contributed by atoms with Gasteiger partial charge in [-0.1, -0.05) is 0 Å². The number of nitrogens with one attached hydrogen (secondary N) is 1. The fourth-order valence-electron chi connectivity index (χ4n) is 2.95. The molecule has 0 saturated heterocycles. The van der Waals surface area contributed by atoms with Gasteiger partial charge in [0.25, 0.3) is 5.91 Å². The van der Waals surface area contributed by atoms with Crippen LogP contribution in [0.2, 0.25) is 0 Å². The molecule has 1 N–H and O–H groups in total. The number of carbonyl (C=O) groups is 1. The SMILES string of the molecule is CC(C)n1cccc1C(=O)NC[C@@H]1CCn2ccnc2C1. The Morgan fingerprint density at radius 1 is 1.48 bits per heavy atom. The van der Waals surface area contributed by atoms with Gasteiger partial charge < -0.3 is 14.5 Å². The fraction of sp³-hybridized carbons (Fsp3) is 0.500. The average Bonchev–Trinajstić information content (AvgIpc) is 3.12. The maximum atomic E-state index is 12.3. The first-order chi connectivity index (χ1) is 10.1. The molecule has 3 rings (SSSR count). The maximum Gasteiger partial charge on any atom is 0.267 e. The van der Waals surface area contributed by atoms with Gasteiger partial charge in [-0.15, -0.1) is 0 Å². The van der Waals surface area contributed by atoms with Crippen molar-refractivity contribution in [1.82, 2.24) is 19.4 Å². The molecule has 5 nitrogen and oxygen atoms in total. The van der Waals surface area contributed by atoms with Crippen molar-refractivity contribution in [3.05, 3.63) is 42.2 Å². The molecule has 0 fully saturated rings. The van der Waals surface area contributed by atoms with E-state index in [-0.39, 0.29) is 5.91 Å². The third-order valence-corrected chi connectivity index (χ3v) is 4.17. The van der Waals surface area contributed by atoms with Crippen LogP contribution in [0.25, 0.3) is 0 Å². The molecule has 0 aliphatic carbocycles. The van der Waals surface area contributed by atoms with E-state index in [0.717, 1.165) is 37.4 Å². The summed E-state index contributed by atoms with van der Waals surface area (Å²) in [6, 6.07) is 4.10. The minimum atomic E-state index is 0.0163. The van der Waals surface area contributed by atoms with E-state index in [1.807, 2.05) is 35.3 Å². The van der Waals surface area contributed by atoms with Crippen LogP contribution in [0.5, 0.6) is 0 Å². The van der Waals surface area contributed by atoms with E-state index in [1.54, 1.807) is 0 Å². The molecule has 3 heterocycles. The zero-order valence-electron chi connectivity index (χ0n) is 12.6. The monoisotopic (exact) mass is 286 g/mol. The highest BCUT2D eigenvalue weighted by molar-refractivity contribution is 5.92. The van der Waals surface area contributed by atoms with E-state index in [0.29, 0.717) is 12.0 Å². The topological polar surface area (TPSA) is 51.9 Å². The summed E-state index contributed by atoms with van der Waals surface area (Å²) < 4.78 is 4.20. The lowest BCUT2D eigenvalue weighted by Gasteiger charge is -2.23. The summed E-state index contributed by atoms with van der Waals surface area (Å²) in [5, 5.41) is 3.08. The van der Waals surface area contributed by atoms with Crippen molar-refractivity contribution in [3.63, 3.8) is 0 Å². The molecule has 2 aromatic rings. The Labute approximate surface area is 125 Å². The first kappa shape index (κ1) is 13.9. The Bertz CT molecular complexity index is 626. The Hall–Kier alpha value is -2.04. The Balaban J connectivity index is 1.58. The van der Waals surface area contributed by atoms with E-state index < -0.39 is 0 Å². The molecular weight excluding hydrogens is 264 g/mol. The van der Waals surface area contributed by atoms with Crippen molar-refractivity contribution < 1.29 is 4.79 Å². The van der Waals surface area contributed by atoms with Gasteiger partial charge in [0.2, 0.25) is 0 Å². The highest BCUT2D eigenvalue weighted by atomic mass is 16.1. The number of aryl methyl sites for hydroxylation is 1. The Morgan fingerprint density at radius 3 is 3.14 bits per heavy atom. The minimum Gasteiger partial charge on any atom is -0.350 e. The van der Waals surface area contributed by atoms with E-state index in [2.05, 4.69) is 28.7 Å². The van der Waals surface area contributed by atoms with Crippen LogP contribution >= 0.6 is 0 Å². The van der Waals surface area contributed by atoms with Gasteiger partial charge in [0, 0.05) is 44.1 Å². The lowest BCUT2D eigenvalue weighted by molar-refractivity contribution is 0.0934. The van der Waals surface area contributed by atoms with E-state index in [4.69, 9.17) is 0 Å². The number of imidazole rings is 1. The molecule has 0 bridgehead atoms. The van der Waals surface area contributed by atoms with Crippen molar-refractivity contribution >= 4 is 5.91 Å². The zero-order valence-corrected chi connectivity index (χ0v) is 12.6. The molecule has 1 amide bonds. The zero-order chi connectivity index (χ0) is 14.8. The first-order valence-corrected chi connectivity index (χ1v) is 7.60. The average molecular weight is 286 g/mol. The van der Waals surface area contributed by atoms with Crippen molar-refractivity contribution in [2.24, 2.45) is 5.92 Å². The molecular formula is C16H22N4O. The van der Waals surface area contributed by atoms with Gasteiger partial charge >= 0.3 is 0 Å². The molecule has 2 aromatic heterocycles. The van der Waals surface area contributed by atoms with Crippen LogP contribution in [0.4, 0.5) is 0 Å². The van der Waals surface area contributed by atoms with Gasteiger partial charge in [-0.3, -0.25) is 4.79 Å². The summed E-state index contributed by atoms with van der Waals surface area (Å²) in [4.78, 5) is 16.7. The second kappa shape index (κ2) is 5.76. The Morgan fingerprint density at radius 2 is 2.33 bits per heavy atom. The normalized spacial score (nSPS) is 17.8. The number of hydrogen-bond donors (Lipinski definition) is 1. The summed E-state index contributed by atoms with van der Waals surface area (Å²) >= 11 is 0. The van der Waals surface area contributed by atoms with Crippen LogP contribution in [-0.4, -0.2) is 26.6 Å². The molecule has 0 saturated carbocycles. The summed E-state index contributed by atoms with van der Waals surface area (Å²) in [7, 11) is 0. The van der Waals surface area contributed by atoms with E-state index >= 15 is 0 Å². The molecule has 112 valence electrons. The number of nitrogens with zero attached hydrogens (tertiary/aromatic N) is 3. The second-order valence-electron chi connectivity index (χ2n) is 6.00. The molecule has 5 heteroatoms. The lowest BCUT2D eigenvalue weighted by atomic mass is 9.98. The van der Waals surface area contributed by atoms with Gasteiger partial charge in [0.05, 0.1) is 0 Å². The van der Waals surface area contributed by atoms with Crippen molar-refractivity contribution in [2.45, 2.75) is 39.3 Å². The van der Waals surface area contributed by atoms with Gasteiger partial charge in [-0.2, -0.15) is 0 Å². The second-order valence-corrected chi connectivity index (χ2v) is 6.00. The summed E-state index contributed by atoms with van der Waals surface area (Å²) in [5.74, 6) is 1.62. The van der Waals surface area contributed by atoms with Gasteiger partial charge in [0.15, 0.2) is 0 Å². The first-order valence-electron chi connectivity index (χ1n) is 7.60. The van der Waals surface area contributed by atoms with Crippen LogP contribution in [0.3, 0.4) is 0 Å². The third-order valence-electron chi connectivity index (χ3n) is 4.17. The molecule has 0 unspecified atom stereocenters. The Kier molecular flexibility index (Phi) is 3.82. The van der Waals surface area contributed by atoms with Gasteiger partial charge in [-0.05, 0) is 38.3 Å². The predicted octanol–water partition coefficient (Wildman–Crippen LogP) is 2.26. The van der Waals surface area contributed by atoms with Crippen LogP contribution in [0.15, 0.2) is 30.7 Å². The highest BCUT2D eigenvalue weighted by Gasteiger charge is 2.20. The number of carbonyl (C=O) groups excluding carboxylic acids is 1. The van der Waals surface area contributed by atoms with Crippen LogP contribution in [0, 0.1) is 5.92 Å². The third kappa shape index (κ3) is 2.86. The van der Waals surface area contributed by atoms with E-state index in [9.17, 15) is 4.79 Å².